The summed E-state index contributed by atoms with van der Waals surface area (Å²) in [6.45, 7) is 4.05. The van der Waals surface area contributed by atoms with E-state index in [0.717, 1.165) is 16.7 Å². The Morgan fingerprint density at radius 3 is 2.67 bits per heavy atom. The highest BCUT2D eigenvalue weighted by molar-refractivity contribution is 6.06. The third-order valence-corrected chi connectivity index (χ3v) is 2.94. The number of hydrogen-bond donors (Lipinski definition) is 0. The highest BCUT2D eigenvalue weighted by atomic mass is 16.1. The van der Waals surface area contributed by atoms with E-state index in [2.05, 4.69) is 5.10 Å². The molecule has 0 saturated carbocycles. The molecule has 0 aliphatic rings. The number of aromatic nitrogens is 2. The fourth-order valence-corrected chi connectivity index (χ4v) is 1.69. The van der Waals surface area contributed by atoms with Crippen LogP contribution < -0.4 is 0 Å². The molecule has 0 N–H and O–H groups in total. The number of carbonyl (C=O) groups is 1. The highest BCUT2D eigenvalue weighted by Crippen LogP contribution is 2.11. The van der Waals surface area contributed by atoms with Crippen LogP contribution in [-0.4, -0.2) is 15.6 Å². The van der Waals surface area contributed by atoms with Crippen molar-refractivity contribution in [1.29, 1.82) is 0 Å². The molecule has 0 radical (unpaired) electrons. The van der Waals surface area contributed by atoms with Gasteiger partial charge in [0, 0.05) is 24.4 Å². The standard InChI is InChI=1S/C15H16N2O/c1-11-4-6-14(8-12(11)2)15(18)7-5-13-9-16-17(3)10-13/h4-10H,1-3H3/b7-5+. The molecular formula is C15H16N2O. The zero-order valence-electron chi connectivity index (χ0n) is 10.8. The lowest BCUT2D eigenvalue weighted by atomic mass is 10.0. The maximum atomic E-state index is 12.0. The molecule has 0 bridgehead atoms. The number of nitrogens with zero attached hydrogens (tertiary/aromatic N) is 2. The van der Waals surface area contributed by atoms with E-state index in [-0.39, 0.29) is 5.78 Å². The van der Waals surface area contributed by atoms with Gasteiger partial charge in [-0.25, -0.2) is 0 Å². The van der Waals surface area contributed by atoms with E-state index in [1.165, 1.54) is 5.56 Å². The maximum absolute atomic E-state index is 12.0. The summed E-state index contributed by atoms with van der Waals surface area (Å²) < 4.78 is 1.71. The van der Waals surface area contributed by atoms with Gasteiger partial charge in [-0.1, -0.05) is 12.1 Å². The predicted molar refractivity (Wildman–Crippen MR) is 72.5 cm³/mol. The van der Waals surface area contributed by atoms with Gasteiger partial charge in [0.1, 0.15) is 0 Å². The van der Waals surface area contributed by atoms with Crippen molar-refractivity contribution in [2.75, 3.05) is 0 Å². The lowest BCUT2D eigenvalue weighted by Gasteiger charge is -2.01. The van der Waals surface area contributed by atoms with Gasteiger partial charge in [0.15, 0.2) is 5.78 Å². The number of hydrogen-bond acceptors (Lipinski definition) is 2. The second kappa shape index (κ2) is 5.00. The first-order valence-corrected chi connectivity index (χ1v) is 5.84. The molecule has 2 rings (SSSR count). The van der Waals surface area contributed by atoms with Gasteiger partial charge in [0.25, 0.3) is 0 Å². The molecule has 1 heterocycles. The number of aryl methyl sites for hydroxylation is 3. The topological polar surface area (TPSA) is 34.9 Å². The van der Waals surface area contributed by atoms with Crippen LogP contribution in [0.25, 0.3) is 6.08 Å². The monoisotopic (exact) mass is 240 g/mol. The summed E-state index contributed by atoms with van der Waals surface area (Å²) in [5, 5.41) is 4.05. The third kappa shape index (κ3) is 2.74. The van der Waals surface area contributed by atoms with Crippen LogP contribution in [0.3, 0.4) is 0 Å². The van der Waals surface area contributed by atoms with Crippen molar-refractivity contribution in [3.05, 3.63) is 58.9 Å². The molecule has 0 saturated heterocycles. The van der Waals surface area contributed by atoms with E-state index in [9.17, 15) is 4.79 Å². The molecule has 0 amide bonds. The van der Waals surface area contributed by atoms with Crippen LogP contribution in [0.1, 0.15) is 27.0 Å². The third-order valence-electron chi connectivity index (χ3n) is 2.94. The molecule has 0 unspecified atom stereocenters. The predicted octanol–water partition coefficient (Wildman–Crippen LogP) is 2.93. The van der Waals surface area contributed by atoms with Crippen LogP contribution in [0.15, 0.2) is 36.7 Å². The Balaban J connectivity index is 2.16. The quantitative estimate of drug-likeness (QED) is 0.610. The fraction of sp³-hybridized carbons (Fsp3) is 0.200. The van der Waals surface area contributed by atoms with Gasteiger partial charge in [0.2, 0.25) is 0 Å². The Hall–Kier alpha value is -2.16. The first kappa shape index (κ1) is 12.3. The summed E-state index contributed by atoms with van der Waals surface area (Å²) in [5.41, 5.74) is 3.98. The minimum absolute atomic E-state index is 0.0157. The summed E-state index contributed by atoms with van der Waals surface area (Å²) in [7, 11) is 1.85. The summed E-state index contributed by atoms with van der Waals surface area (Å²) >= 11 is 0. The maximum Gasteiger partial charge on any atom is 0.185 e. The zero-order chi connectivity index (χ0) is 13.1. The smallest absolute Gasteiger partial charge is 0.185 e. The zero-order valence-corrected chi connectivity index (χ0v) is 10.8. The number of carbonyl (C=O) groups excluding carboxylic acids is 1. The summed E-state index contributed by atoms with van der Waals surface area (Å²) in [4.78, 5) is 12.0. The minimum atomic E-state index is 0.0157. The number of allylic oxidation sites excluding steroid dienone is 1. The van der Waals surface area contributed by atoms with Gasteiger partial charge < -0.3 is 0 Å². The van der Waals surface area contributed by atoms with Crippen LogP contribution in [0, 0.1) is 13.8 Å². The number of ketones is 1. The second-order valence-corrected chi connectivity index (χ2v) is 4.44. The van der Waals surface area contributed by atoms with E-state index in [0.29, 0.717) is 0 Å². The van der Waals surface area contributed by atoms with Crippen molar-refractivity contribution in [3.8, 4) is 0 Å². The molecule has 92 valence electrons. The molecule has 0 aliphatic heterocycles. The van der Waals surface area contributed by atoms with E-state index in [1.807, 2.05) is 45.3 Å². The van der Waals surface area contributed by atoms with Gasteiger partial charge in [-0.15, -0.1) is 0 Å². The SMILES string of the molecule is Cc1ccc(C(=O)/C=C/c2cnn(C)c2)cc1C. The van der Waals surface area contributed by atoms with Crippen molar-refractivity contribution in [3.63, 3.8) is 0 Å². The molecule has 2 aromatic rings. The first-order chi connectivity index (χ1) is 8.56. The lowest BCUT2D eigenvalue weighted by molar-refractivity contribution is 0.104. The van der Waals surface area contributed by atoms with E-state index < -0.39 is 0 Å². The van der Waals surface area contributed by atoms with Gasteiger partial charge in [-0.05, 0) is 43.2 Å². The molecule has 1 aromatic carbocycles. The van der Waals surface area contributed by atoms with Crippen LogP contribution >= 0.6 is 0 Å². The Morgan fingerprint density at radius 1 is 1.28 bits per heavy atom. The van der Waals surface area contributed by atoms with Crippen molar-refractivity contribution < 1.29 is 4.79 Å². The summed E-state index contributed by atoms with van der Waals surface area (Å²) in [6, 6.07) is 5.75. The van der Waals surface area contributed by atoms with E-state index >= 15 is 0 Å². The van der Waals surface area contributed by atoms with Crippen molar-refractivity contribution in [2.45, 2.75) is 13.8 Å². The summed E-state index contributed by atoms with van der Waals surface area (Å²) in [6.07, 6.45) is 6.96. The highest BCUT2D eigenvalue weighted by Gasteiger charge is 2.03. The Labute approximate surface area is 107 Å². The Bertz CT molecular complexity index is 609. The van der Waals surface area contributed by atoms with Crippen LogP contribution in [-0.2, 0) is 7.05 Å². The van der Waals surface area contributed by atoms with Crippen LogP contribution in [0.5, 0.6) is 0 Å². The average Bonchev–Trinajstić information content (AvgIpc) is 2.75. The van der Waals surface area contributed by atoms with Gasteiger partial charge in [0.05, 0.1) is 6.20 Å². The lowest BCUT2D eigenvalue weighted by Crippen LogP contribution is -1.95. The van der Waals surface area contributed by atoms with Crippen LogP contribution in [0.2, 0.25) is 0 Å². The molecular weight excluding hydrogens is 224 g/mol. The molecule has 3 heteroatoms. The number of benzene rings is 1. The van der Waals surface area contributed by atoms with Gasteiger partial charge in [-0.2, -0.15) is 5.10 Å². The minimum Gasteiger partial charge on any atom is -0.289 e. The molecule has 0 spiro atoms. The molecule has 1 aromatic heterocycles. The van der Waals surface area contributed by atoms with Crippen molar-refractivity contribution in [2.24, 2.45) is 7.05 Å². The van der Waals surface area contributed by atoms with Crippen molar-refractivity contribution in [1.82, 2.24) is 9.78 Å². The summed E-state index contributed by atoms with van der Waals surface area (Å²) in [5.74, 6) is 0.0157. The van der Waals surface area contributed by atoms with E-state index in [4.69, 9.17) is 0 Å². The van der Waals surface area contributed by atoms with E-state index in [1.54, 1.807) is 23.0 Å². The molecule has 3 nitrogen and oxygen atoms in total. The fourth-order valence-electron chi connectivity index (χ4n) is 1.69. The number of rotatable bonds is 3. The molecule has 18 heavy (non-hydrogen) atoms. The van der Waals surface area contributed by atoms with Crippen LogP contribution in [0.4, 0.5) is 0 Å². The van der Waals surface area contributed by atoms with Gasteiger partial charge in [-0.3, -0.25) is 9.48 Å². The molecule has 0 fully saturated rings. The second-order valence-electron chi connectivity index (χ2n) is 4.44. The van der Waals surface area contributed by atoms with Crippen molar-refractivity contribution >= 4 is 11.9 Å². The normalized spacial score (nSPS) is 11.1. The molecule has 0 atom stereocenters. The average molecular weight is 240 g/mol. The first-order valence-electron chi connectivity index (χ1n) is 5.84. The largest absolute Gasteiger partial charge is 0.289 e. The Morgan fingerprint density at radius 2 is 2.06 bits per heavy atom. The molecule has 0 aliphatic carbocycles. The van der Waals surface area contributed by atoms with Gasteiger partial charge >= 0.3 is 0 Å². The Kier molecular flexibility index (Phi) is 3.42.